The van der Waals surface area contributed by atoms with Gasteiger partial charge in [0.1, 0.15) is 11.3 Å². The third-order valence-corrected chi connectivity index (χ3v) is 2.70. The van der Waals surface area contributed by atoms with Crippen LogP contribution in [0.3, 0.4) is 0 Å². The fourth-order valence-corrected chi connectivity index (χ4v) is 1.70. The lowest BCUT2D eigenvalue weighted by atomic mass is 10.2. The highest BCUT2D eigenvalue weighted by Crippen LogP contribution is 2.14. The van der Waals surface area contributed by atoms with Gasteiger partial charge in [0.15, 0.2) is 5.82 Å². The Kier molecular flexibility index (Phi) is 3.70. The molecular formula is C13H15N3O3. The number of carbonyl (C=O) groups is 1. The number of benzene rings is 1. The fourth-order valence-electron chi connectivity index (χ4n) is 1.70. The Bertz CT molecular complexity index is 575. The highest BCUT2D eigenvalue weighted by Gasteiger charge is 2.14. The van der Waals surface area contributed by atoms with Crippen LogP contribution in [0.1, 0.15) is 15.9 Å². The van der Waals surface area contributed by atoms with Crippen LogP contribution < -0.4 is 10.5 Å². The third-order valence-electron chi connectivity index (χ3n) is 2.70. The Balaban J connectivity index is 2.16. The van der Waals surface area contributed by atoms with Crippen LogP contribution in [0.5, 0.6) is 5.75 Å². The number of esters is 1. The molecule has 0 radical (unpaired) electrons. The summed E-state index contributed by atoms with van der Waals surface area (Å²) in [7, 11) is 2.93. The van der Waals surface area contributed by atoms with Crippen LogP contribution in [-0.2, 0) is 11.3 Å². The van der Waals surface area contributed by atoms with Crippen molar-refractivity contribution in [3.63, 3.8) is 0 Å². The van der Waals surface area contributed by atoms with Gasteiger partial charge in [-0.2, -0.15) is 5.10 Å². The van der Waals surface area contributed by atoms with E-state index in [9.17, 15) is 4.79 Å². The molecular weight excluding hydrogens is 246 g/mol. The number of aromatic nitrogens is 2. The molecule has 0 spiro atoms. The molecule has 1 aromatic heterocycles. The molecule has 100 valence electrons. The molecule has 0 amide bonds. The first-order valence-electron chi connectivity index (χ1n) is 5.68. The van der Waals surface area contributed by atoms with E-state index < -0.39 is 5.97 Å². The number of hydrogen-bond donors (Lipinski definition) is 1. The van der Waals surface area contributed by atoms with Gasteiger partial charge in [-0.1, -0.05) is 12.1 Å². The standard InChI is InChI=1S/C13H15N3O3/c1-18-10-5-3-9(4-6-10)7-16-8-11(12(14)15-16)13(17)19-2/h3-6,8H,7H2,1-2H3,(H2,14,15). The normalized spacial score (nSPS) is 10.2. The van der Waals surface area contributed by atoms with E-state index in [0.717, 1.165) is 11.3 Å². The predicted octanol–water partition coefficient (Wildman–Crippen LogP) is 1.31. The number of nitrogen functional groups attached to an aromatic ring is 1. The van der Waals surface area contributed by atoms with E-state index in [-0.39, 0.29) is 11.4 Å². The second-order valence-corrected chi connectivity index (χ2v) is 3.97. The summed E-state index contributed by atoms with van der Waals surface area (Å²) in [5.74, 6) is 0.470. The Morgan fingerprint density at radius 2 is 2.00 bits per heavy atom. The maximum Gasteiger partial charge on any atom is 0.343 e. The van der Waals surface area contributed by atoms with E-state index in [2.05, 4.69) is 9.84 Å². The monoisotopic (exact) mass is 261 g/mol. The van der Waals surface area contributed by atoms with Gasteiger partial charge < -0.3 is 15.2 Å². The lowest BCUT2D eigenvalue weighted by Crippen LogP contribution is -2.02. The molecule has 0 atom stereocenters. The molecule has 2 rings (SSSR count). The number of nitrogens with two attached hydrogens (primary N) is 1. The summed E-state index contributed by atoms with van der Waals surface area (Å²) in [6, 6.07) is 7.58. The lowest BCUT2D eigenvalue weighted by Gasteiger charge is -2.03. The molecule has 0 saturated carbocycles. The summed E-state index contributed by atoms with van der Waals surface area (Å²) in [6.07, 6.45) is 1.57. The minimum Gasteiger partial charge on any atom is -0.497 e. The van der Waals surface area contributed by atoms with Gasteiger partial charge in [0.05, 0.1) is 20.8 Å². The second kappa shape index (κ2) is 5.43. The van der Waals surface area contributed by atoms with Gasteiger partial charge in [-0.3, -0.25) is 4.68 Å². The molecule has 1 aromatic carbocycles. The Hall–Kier alpha value is -2.50. The molecule has 19 heavy (non-hydrogen) atoms. The van der Waals surface area contributed by atoms with Crippen molar-refractivity contribution in [1.29, 1.82) is 0 Å². The lowest BCUT2D eigenvalue weighted by molar-refractivity contribution is 0.0602. The molecule has 0 bridgehead atoms. The maximum absolute atomic E-state index is 11.4. The number of anilines is 1. The minimum absolute atomic E-state index is 0.167. The van der Waals surface area contributed by atoms with Crippen LogP contribution in [-0.4, -0.2) is 30.0 Å². The highest BCUT2D eigenvalue weighted by atomic mass is 16.5. The van der Waals surface area contributed by atoms with Crippen LogP contribution in [0.15, 0.2) is 30.5 Å². The van der Waals surface area contributed by atoms with Crippen molar-refractivity contribution in [2.75, 3.05) is 20.0 Å². The molecule has 6 heteroatoms. The van der Waals surface area contributed by atoms with E-state index in [1.165, 1.54) is 7.11 Å². The van der Waals surface area contributed by atoms with Gasteiger partial charge in [0.25, 0.3) is 0 Å². The van der Waals surface area contributed by atoms with Crippen molar-refractivity contribution in [1.82, 2.24) is 9.78 Å². The largest absolute Gasteiger partial charge is 0.497 e. The average Bonchev–Trinajstić information content (AvgIpc) is 2.79. The molecule has 6 nitrogen and oxygen atoms in total. The zero-order valence-electron chi connectivity index (χ0n) is 10.8. The van der Waals surface area contributed by atoms with Crippen molar-refractivity contribution in [2.45, 2.75) is 6.54 Å². The number of hydrogen-bond acceptors (Lipinski definition) is 5. The van der Waals surface area contributed by atoms with Gasteiger partial charge in [-0.05, 0) is 17.7 Å². The van der Waals surface area contributed by atoms with Gasteiger partial charge in [0.2, 0.25) is 0 Å². The number of rotatable bonds is 4. The molecule has 1 heterocycles. The molecule has 0 aliphatic rings. The van der Waals surface area contributed by atoms with Gasteiger partial charge in [-0.15, -0.1) is 0 Å². The van der Waals surface area contributed by atoms with Crippen molar-refractivity contribution in [2.24, 2.45) is 0 Å². The van der Waals surface area contributed by atoms with Crippen LogP contribution in [0.25, 0.3) is 0 Å². The molecule has 0 aliphatic heterocycles. The topological polar surface area (TPSA) is 79.4 Å². The van der Waals surface area contributed by atoms with Crippen LogP contribution >= 0.6 is 0 Å². The molecule has 2 aromatic rings. The average molecular weight is 261 g/mol. The number of carbonyl (C=O) groups excluding carboxylic acids is 1. The molecule has 0 fully saturated rings. The van der Waals surface area contributed by atoms with E-state index in [0.29, 0.717) is 6.54 Å². The fraction of sp³-hybridized carbons (Fsp3) is 0.231. The smallest absolute Gasteiger partial charge is 0.343 e. The Morgan fingerprint density at radius 3 is 2.58 bits per heavy atom. The SMILES string of the molecule is COC(=O)c1cn(Cc2ccc(OC)cc2)nc1N. The zero-order chi connectivity index (χ0) is 13.8. The summed E-state index contributed by atoms with van der Waals surface area (Å²) < 4.78 is 11.3. The summed E-state index contributed by atoms with van der Waals surface area (Å²) >= 11 is 0. The first-order chi connectivity index (χ1) is 9.13. The van der Waals surface area contributed by atoms with Crippen LogP contribution in [0.4, 0.5) is 5.82 Å². The minimum atomic E-state index is -0.488. The highest BCUT2D eigenvalue weighted by molar-refractivity contribution is 5.93. The summed E-state index contributed by atoms with van der Waals surface area (Å²) in [5.41, 5.74) is 6.97. The first-order valence-corrected chi connectivity index (χ1v) is 5.68. The van der Waals surface area contributed by atoms with E-state index >= 15 is 0 Å². The first kappa shape index (κ1) is 12.9. The van der Waals surface area contributed by atoms with Gasteiger partial charge >= 0.3 is 5.97 Å². The van der Waals surface area contributed by atoms with Crippen molar-refractivity contribution >= 4 is 11.8 Å². The summed E-state index contributed by atoms with van der Waals surface area (Å²) in [5, 5.41) is 4.08. The number of ether oxygens (including phenoxy) is 2. The Morgan fingerprint density at radius 1 is 1.32 bits per heavy atom. The zero-order valence-corrected chi connectivity index (χ0v) is 10.8. The number of methoxy groups -OCH3 is 2. The molecule has 0 aliphatic carbocycles. The van der Waals surface area contributed by atoms with E-state index in [1.807, 2.05) is 24.3 Å². The van der Waals surface area contributed by atoms with Gasteiger partial charge in [0, 0.05) is 6.20 Å². The predicted molar refractivity (Wildman–Crippen MR) is 70.1 cm³/mol. The van der Waals surface area contributed by atoms with Crippen molar-refractivity contribution < 1.29 is 14.3 Å². The molecule has 0 saturated heterocycles. The molecule has 2 N–H and O–H groups in total. The maximum atomic E-state index is 11.4. The third kappa shape index (κ3) is 2.85. The summed E-state index contributed by atoms with van der Waals surface area (Å²) in [4.78, 5) is 11.4. The second-order valence-electron chi connectivity index (χ2n) is 3.97. The van der Waals surface area contributed by atoms with Crippen LogP contribution in [0, 0.1) is 0 Å². The van der Waals surface area contributed by atoms with Crippen molar-refractivity contribution in [3.05, 3.63) is 41.6 Å². The number of nitrogens with zero attached hydrogens (tertiary/aromatic N) is 2. The summed E-state index contributed by atoms with van der Waals surface area (Å²) in [6.45, 7) is 0.519. The van der Waals surface area contributed by atoms with E-state index in [4.69, 9.17) is 10.5 Å². The van der Waals surface area contributed by atoms with E-state index in [1.54, 1.807) is 18.0 Å². The molecule has 0 unspecified atom stereocenters. The van der Waals surface area contributed by atoms with Crippen LogP contribution in [0.2, 0.25) is 0 Å². The van der Waals surface area contributed by atoms with Gasteiger partial charge in [-0.25, -0.2) is 4.79 Å². The quantitative estimate of drug-likeness (QED) is 0.839. The Labute approximate surface area is 110 Å². The van der Waals surface area contributed by atoms with Crippen molar-refractivity contribution in [3.8, 4) is 5.75 Å².